The van der Waals surface area contributed by atoms with Crippen molar-refractivity contribution in [2.45, 2.75) is 31.8 Å². The van der Waals surface area contributed by atoms with Gasteiger partial charge in [0.2, 0.25) is 0 Å². The first kappa shape index (κ1) is 12.9. The number of benzene rings is 2. The summed E-state index contributed by atoms with van der Waals surface area (Å²) >= 11 is 0. The summed E-state index contributed by atoms with van der Waals surface area (Å²) in [6.07, 6.45) is 2.13. The number of aryl methyl sites for hydroxylation is 1. The van der Waals surface area contributed by atoms with Gasteiger partial charge in [0.1, 0.15) is 0 Å². The summed E-state index contributed by atoms with van der Waals surface area (Å²) in [7, 11) is 0. The molecule has 3 rings (SSSR count). The molecule has 0 unspecified atom stereocenters. The van der Waals surface area contributed by atoms with Crippen LogP contribution in [0.25, 0.3) is 0 Å². The molecular weight excluding hydrogens is 244 g/mol. The van der Waals surface area contributed by atoms with Gasteiger partial charge in [-0.25, -0.2) is 0 Å². The SMILES string of the molecule is C[C@H](N[C@H]1CCc2cccc(C#N)c21)c1ccccc1. The third kappa shape index (κ3) is 2.33. The van der Waals surface area contributed by atoms with Crippen LogP contribution in [0, 0.1) is 11.3 Å². The van der Waals surface area contributed by atoms with Crippen molar-refractivity contribution in [3.63, 3.8) is 0 Å². The van der Waals surface area contributed by atoms with Gasteiger partial charge in [-0.05, 0) is 42.5 Å². The molecule has 0 aliphatic heterocycles. The fourth-order valence-electron chi connectivity index (χ4n) is 3.09. The highest BCUT2D eigenvalue weighted by Crippen LogP contribution is 2.35. The Kier molecular flexibility index (Phi) is 3.54. The number of nitriles is 1. The van der Waals surface area contributed by atoms with Crippen LogP contribution in [0.3, 0.4) is 0 Å². The number of fused-ring (bicyclic) bond motifs is 1. The number of hydrogen-bond acceptors (Lipinski definition) is 2. The van der Waals surface area contributed by atoms with Crippen molar-refractivity contribution in [3.05, 3.63) is 70.8 Å². The lowest BCUT2D eigenvalue weighted by Gasteiger charge is -2.21. The summed E-state index contributed by atoms with van der Waals surface area (Å²) in [6, 6.07) is 19.4. The first-order valence-electron chi connectivity index (χ1n) is 7.12. The summed E-state index contributed by atoms with van der Waals surface area (Å²) in [5.41, 5.74) is 4.63. The molecule has 2 heteroatoms. The van der Waals surface area contributed by atoms with Crippen LogP contribution in [0.2, 0.25) is 0 Å². The van der Waals surface area contributed by atoms with Gasteiger partial charge in [-0.3, -0.25) is 0 Å². The molecule has 0 radical (unpaired) electrons. The quantitative estimate of drug-likeness (QED) is 0.910. The molecule has 2 nitrogen and oxygen atoms in total. The lowest BCUT2D eigenvalue weighted by molar-refractivity contribution is 0.464. The van der Waals surface area contributed by atoms with Crippen LogP contribution in [0.5, 0.6) is 0 Å². The zero-order valence-electron chi connectivity index (χ0n) is 11.6. The third-order valence-electron chi connectivity index (χ3n) is 4.12. The molecule has 0 fully saturated rings. The second-order valence-electron chi connectivity index (χ2n) is 5.38. The predicted molar refractivity (Wildman–Crippen MR) is 80.2 cm³/mol. The fraction of sp³-hybridized carbons (Fsp3) is 0.278. The lowest BCUT2D eigenvalue weighted by atomic mass is 10.00. The largest absolute Gasteiger partial charge is 0.303 e. The van der Waals surface area contributed by atoms with Gasteiger partial charge in [-0.15, -0.1) is 0 Å². The molecule has 1 aliphatic rings. The molecule has 0 aromatic heterocycles. The minimum absolute atomic E-state index is 0.288. The summed E-state index contributed by atoms with van der Waals surface area (Å²) in [5, 5.41) is 13.0. The fourth-order valence-corrected chi connectivity index (χ4v) is 3.09. The summed E-state index contributed by atoms with van der Waals surface area (Å²) in [6.45, 7) is 2.18. The van der Waals surface area contributed by atoms with Crippen molar-refractivity contribution in [1.29, 1.82) is 5.26 Å². The van der Waals surface area contributed by atoms with Crippen molar-refractivity contribution < 1.29 is 0 Å². The first-order chi connectivity index (χ1) is 9.79. The van der Waals surface area contributed by atoms with Crippen molar-refractivity contribution in [3.8, 4) is 6.07 Å². The Labute approximate surface area is 120 Å². The highest BCUT2D eigenvalue weighted by molar-refractivity contribution is 5.47. The molecule has 1 aliphatic carbocycles. The van der Waals surface area contributed by atoms with Gasteiger partial charge in [0.05, 0.1) is 11.6 Å². The topological polar surface area (TPSA) is 35.8 Å². The zero-order valence-corrected chi connectivity index (χ0v) is 11.6. The Hall–Kier alpha value is -2.11. The Bertz CT molecular complexity index is 640. The Morgan fingerprint density at radius 2 is 1.95 bits per heavy atom. The van der Waals surface area contributed by atoms with E-state index in [9.17, 15) is 5.26 Å². The maximum Gasteiger partial charge on any atom is 0.0995 e. The number of rotatable bonds is 3. The predicted octanol–water partition coefficient (Wildman–Crippen LogP) is 3.90. The molecule has 2 aromatic rings. The molecule has 100 valence electrons. The number of nitrogens with one attached hydrogen (secondary N) is 1. The average Bonchev–Trinajstić information content (AvgIpc) is 2.91. The number of nitrogens with zero attached hydrogens (tertiary/aromatic N) is 1. The van der Waals surface area contributed by atoms with Crippen LogP contribution in [0.15, 0.2) is 48.5 Å². The van der Waals surface area contributed by atoms with E-state index in [0.29, 0.717) is 6.04 Å². The molecule has 0 amide bonds. The summed E-state index contributed by atoms with van der Waals surface area (Å²) < 4.78 is 0. The molecule has 0 spiro atoms. The maximum atomic E-state index is 9.29. The Morgan fingerprint density at radius 1 is 1.15 bits per heavy atom. The monoisotopic (exact) mass is 262 g/mol. The molecule has 2 atom stereocenters. The minimum Gasteiger partial charge on any atom is -0.303 e. The van der Waals surface area contributed by atoms with Gasteiger partial charge >= 0.3 is 0 Å². The molecule has 1 N–H and O–H groups in total. The van der Waals surface area contributed by atoms with Crippen molar-refractivity contribution >= 4 is 0 Å². The van der Waals surface area contributed by atoms with E-state index < -0.39 is 0 Å². The van der Waals surface area contributed by atoms with Crippen LogP contribution < -0.4 is 5.32 Å². The summed E-state index contributed by atoms with van der Waals surface area (Å²) in [4.78, 5) is 0. The molecule has 2 aromatic carbocycles. The van der Waals surface area contributed by atoms with Crippen molar-refractivity contribution in [2.24, 2.45) is 0 Å². The number of hydrogen-bond donors (Lipinski definition) is 1. The molecule has 0 bridgehead atoms. The van der Waals surface area contributed by atoms with Gasteiger partial charge in [0, 0.05) is 12.1 Å². The second kappa shape index (κ2) is 5.48. The van der Waals surface area contributed by atoms with E-state index in [1.165, 1.54) is 16.7 Å². The first-order valence-corrected chi connectivity index (χ1v) is 7.12. The summed E-state index contributed by atoms with van der Waals surface area (Å²) in [5.74, 6) is 0. The van der Waals surface area contributed by atoms with Gasteiger partial charge < -0.3 is 5.32 Å². The maximum absolute atomic E-state index is 9.29. The van der Waals surface area contributed by atoms with E-state index >= 15 is 0 Å². The van der Waals surface area contributed by atoms with Crippen LogP contribution in [0.4, 0.5) is 0 Å². The van der Waals surface area contributed by atoms with Crippen LogP contribution in [-0.4, -0.2) is 0 Å². The normalized spacial score (nSPS) is 18.3. The van der Waals surface area contributed by atoms with E-state index in [-0.39, 0.29) is 6.04 Å². The van der Waals surface area contributed by atoms with Crippen LogP contribution in [0.1, 0.15) is 47.7 Å². The lowest BCUT2D eigenvalue weighted by Crippen LogP contribution is -2.23. The Balaban J connectivity index is 1.84. The molecule has 0 saturated carbocycles. The molecular formula is C18H18N2. The van der Waals surface area contributed by atoms with Gasteiger partial charge in [-0.1, -0.05) is 42.5 Å². The second-order valence-corrected chi connectivity index (χ2v) is 5.38. The molecule has 0 heterocycles. The van der Waals surface area contributed by atoms with Crippen molar-refractivity contribution in [1.82, 2.24) is 5.32 Å². The highest BCUT2D eigenvalue weighted by Gasteiger charge is 2.26. The van der Waals surface area contributed by atoms with E-state index in [4.69, 9.17) is 0 Å². The Morgan fingerprint density at radius 3 is 2.70 bits per heavy atom. The van der Waals surface area contributed by atoms with Gasteiger partial charge in [0.15, 0.2) is 0 Å². The standard InChI is InChI=1S/C18H18N2/c1-13(14-6-3-2-4-7-14)20-17-11-10-15-8-5-9-16(12-19)18(15)17/h2-9,13,17,20H,10-11H2,1H3/t13-,17-/m0/s1. The molecule has 0 saturated heterocycles. The van der Waals surface area contributed by atoms with Gasteiger partial charge in [-0.2, -0.15) is 5.26 Å². The van der Waals surface area contributed by atoms with E-state index in [1.54, 1.807) is 0 Å². The third-order valence-corrected chi connectivity index (χ3v) is 4.12. The van der Waals surface area contributed by atoms with Crippen LogP contribution >= 0.6 is 0 Å². The van der Waals surface area contributed by atoms with E-state index in [2.05, 4.69) is 48.6 Å². The minimum atomic E-state index is 0.288. The van der Waals surface area contributed by atoms with Crippen LogP contribution in [-0.2, 0) is 6.42 Å². The van der Waals surface area contributed by atoms with Crippen molar-refractivity contribution in [2.75, 3.05) is 0 Å². The highest BCUT2D eigenvalue weighted by atomic mass is 15.0. The van der Waals surface area contributed by atoms with E-state index in [0.717, 1.165) is 18.4 Å². The van der Waals surface area contributed by atoms with Gasteiger partial charge in [0.25, 0.3) is 0 Å². The molecule has 20 heavy (non-hydrogen) atoms. The smallest absolute Gasteiger partial charge is 0.0995 e. The average molecular weight is 262 g/mol. The van der Waals surface area contributed by atoms with E-state index in [1.807, 2.05) is 18.2 Å². The zero-order chi connectivity index (χ0) is 13.9.